The molecule has 3 heterocycles. The van der Waals surface area contributed by atoms with Crippen molar-refractivity contribution in [1.82, 2.24) is 10.3 Å². The first-order valence-electron chi connectivity index (χ1n) is 7.31. The second kappa shape index (κ2) is 5.24. The van der Waals surface area contributed by atoms with Gasteiger partial charge in [-0.1, -0.05) is 12.1 Å². The maximum absolute atomic E-state index is 12.3. The number of fused-ring (bicyclic) bond motifs is 1. The normalized spacial score (nSPS) is 16.6. The molecule has 1 atom stereocenters. The molecule has 23 heavy (non-hydrogen) atoms. The number of aryl methyl sites for hydroxylation is 2. The third-order valence-corrected chi connectivity index (χ3v) is 4.92. The first-order valence-corrected chi connectivity index (χ1v) is 8.13. The largest absolute Gasteiger partial charge is 0.459 e. The number of hydrogen-bond acceptors (Lipinski definition) is 5. The highest BCUT2D eigenvalue weighted by Gasteiger charge is 2.27. The van der Waals surface area contributed by atoms with Crippen LogP contribution in [0, 0.1) is 13.8 Å². The van der Waals surface area contributed by atoms with Crippen LogP contribution in [0.15, 0.2) is 40.9 Å². The molecular formula is C17H15N3O2S. The third-order valence-electron chi connectivity index (χ3n) is 3.84. The van der Waals surface area contributed by atoms with Crippen LogP contribution in [0.1, 0.15) is 32.7 Å². The van der Waals surface area contributed by atoms with Gasteiger partial charge in [0.05, 0.1) is 16.1 Å². The van der Waals surface area contributed by atoms with Gasteiger partial charge in [-0.25, -0.2) is 4.98 Å². The number of hydrogen-bond donors (Lipinski definition) is 2. The summed E-state index contributed by atoms with van der Waals surface area (Å²) in [5.41, 5.74) is 2.60. The van der Waals surface area contributed by atoms with Crippen LogP contribution in [0.25, 0.3) is 10.8 Å². The average molecular weight is 325 g/mol. The monoisotopic (exact) mass is 325 g/mol. The number of benzene rings is 1. The summed E-state index contributed by atoms with van der Waals surface area (Å²) in [6, 6.07) is 9.52. The van der Waals surface area contributed by atoms with Crippen molar-refractivity contribution < 1.29 is 9.21 Å². The standard InChI is InChI=1S/C17H15N3O2S/c1-9-4-3-5-11-14(9)19-15(20-16(11)21)13-8-18-17(23-13)12-7-6-10(2)22-12/h3-8,15,19H,1-2H3,(H,20,21)/t15-/m1/s1. The summed E-state index contributed by atoms with van der Waals surface area (Å²) in [4.78, 5) is 17.7. The Balaban J connectivity index is 1.66. The molecule has 3 aromatic rings. The van der Waals surface area contributed by atoms with E-state index in [0.29, 0.717) is 5.56 Å². The van der Waals surface area contributed by atoms with Gasteiger partial charge in [0.15, 0.2) is 10.8 Å². The Morgan fingerprint density at radius 2 is 2.04 bits per heavy atom. The number of amides is 1. The van der Waals surface area contributed by atoms with Gasteiger partial charge in [0.25, 0.3) is 5.91 Å². The number of nitrogens with zero attached hydrogens (tertiary/aromatic N) is 1. The lowest BCUT2D eigenvalue weighted by Gasteiger charge is -2.28. The summed E-state index contributed by atoms with van der Waals surface area (Å²) in [6.07, 6.45) is 1.50. The van der Waals surface area contributed by atoms with E-state index in [0.717, 1.165) is 32.7 Å². The summed E-state index contributed by atoms with van der Waals surface area (Å²) >= 11 is 1.51. The van der Waals surface area contributed by atoms with E-state index in [-0.39, 0.29) is 12.1 Å². The second-order valence-corrected chi connectivity index (χ2v) is 6.59. The zero-order valence-corrected chi connectivity index (χ0v) is 13.5. The molecule has 0 unspecified atom stereocenters. The van der Waals surface area contributed by atoms with E-state index in [1.807, 2.05) is 44.2 Å². The van der Waals surface area contributed by atoms with Crippen LogP contribution >= 0.6 is 11.3 Å². The Bertz CT molecular complexity index is 897. The summed E-state index contributed by atoms with van der Waals surface area (Å²) in [7, 11) is 0. The van der Waals surface area contributed by atoms with E-state index in [4.69, 9.17) is 4.42 Å². The second-order valence-electron chi connectivity index (χ2n) is 5.53. The van der Waals surface area contributed by atoms with E-state index in [1.54, 1.807) is 6.20 Å². The van der Waals surface area contributed by atoms with E-state index in [2.05, 4.69) is 15.6 Å². The van der Waals surface area contributed by atoms with E-state index >= 15 is 0 Å². The lowest BCUT2D eigenvalue weighted by molar-refractivity contribution is 0.0936. The Labute approximate surface area is 137 Å². The molecule has 116 valence electrons. The molecule has 0 saturated carbocycles. The first-order chi connectivity index (χ1) is 11.1. The summed E-state index contributed by atoms with van der Waals surface area (Å²) in [5, 5.41) is 7.17. The maximum Gasteiger partial charge on any atom is 0.255 e. The van der Waals surface area contributed by atoms with Crippen molar-refractivity contribution in [3.8, 4) is 10.8 Å². The molecule has 4 rings (SSSR count). The highest BCUT2D eigenvalue weighted by Crippen LogP contribution is 2.34. The van der Waals surface area contributed by atoms with Gasteiger partial charge in [0.1, 0.15) is 11.9 Å². The number of nitrogens with one attached hydrogen (secondary N) is 2. The SMILES string of the molecule is Cc1ccc(-c2ncc([C@H]3NC(=O)c4cccc(C)c4N3)s2)o1. The number of para-hydroxylation sites is 1. The van der Waals surface area contributed by atoms with Gasteiger partial charge in [0, 0.05) is 6.20 Å². The molecule has 2 aromatic heterocycles. The van der Waals surface area contributed by atoms with Crippen molar-refractivity contribution in [2.75, 3.05) is 5.32 Å². The number of aromatic nitrogens is 1. The Morgan fingerprint density at radius 1 is 1.17 bits per heavy atom. The lowest BCUT2D eigenvalue weighted by atomic mass is 10.0. The minimum Gasteiger partial charge on any atom is -0.459 e. The fourth-order valence-electron chi connectivity index (χ4n) is 2.66. The zero-order chi connectivity index (χ0) is 16.0. The van der Waals surface area contributed by atoms with Gasteiger partial charge in [-0.05, 0) is 37.6 Å². The van der Waals surface area contributed by atoms with Crippen molar-refractivity contribution in [3.63, 3.8) is 0 Å². The number of furan rings is 1. The van der Waals surface area contributed by atoms with E-state index < -0.39 is 0 Å². The smallest absolute Gasteiger partial charge is 0.255 e. The molecule has 1 amide bonds. The summed E-state index contributed by atoms with van der Waals surface area (Å²) < 4.78 is 5.61. The van der Waals surface area contributed by atoms with Gasteiger partial charge in [-0.15, -0.1) is 11.3 Å². The minimum atomic E-state index is -0.279. The molecule has 6 heteroatoms. The van der Waals surface area contributed by atoms with Gasteiger partial charge in [0.2, 0.25) is 0 Å². The van der Waals surface area contributed by atoms with Gasteiger partial charge in [-0.3, -0.25) is 4.79 Å². The van der Waals surface area contributed by atoms with Gasteiger partial charge < -0.3 is 15.1 Å². The Kier molecular flexibility index (Phi) is 3.20. The van der Waals surface area contributed by atoms with Crippen LogP contribution < -0.4 is 10.6 Å². The highest BCUT2D eigenvalue weighted by atomic mass is 32.1. The lowest BCUT2D eigenvalue weighted by Crippen LogP contribution is -2.38. The first kappa shape index (κ1) is 14.0. The number of carbonyl (C=O) groups excluding carboxylic acids is 1. The van der Waals surface area contributed by atoms with Crippen molar-refractivity contribution >= 4 is 22.9 Å². The molecule has 0 aliphatic carbocycles. The number of anilines is 1. The predicted molar refractivity (Wildman–Crippen MR) is 89.6 cm³/mol. The van der Waals surface area contributed by atoms with Gasteiger partial charge >= 0.3 is 0 Å². The van der Waals surface area contributed by atoms with Crippen LogP contribution in [0.3, 0.4) is 0 Å². The molecule has 1 aliphatic heterocycles. The molecule has 0 fully saturated rings. The topological polar surface area (TPSA) is 67.2 Å². The van der Waals surface area contributed by atoms with Crippen LogP contribution in [0.4, 0.5) is 5.69 Å². The van der Waals surface area contributed by atoms with Crippen molar-refractivity contribution in [3.05, 3.63) is 58.3 Å². The van der Waals surface area contributed by atoms with Gasteiger partial charge in [-0.2, -0.15) is 0 Å². The predicted octanol–water partition coefficient (Wildman–Crippen LogP) is 3.87. The molecule has 2 N–H and O–H groups in total. The zero-order valence-electron chi connectivity index (χ0n) is 12.7. The highest BCUT2D eigenvalue weighted by molar-refractivity contribution is 7.15. The quantitative estimate of drug-likeness (QED) is 0.750. The van der Waals surface area contributed by atoms with Crippen LogP contribution in [0.2, 0.25) is 0 Å². The van der Waals surface area contributed by atoms with Crippen LogP contribution in [0.5, 0.6) is 0 Å². The molecule has 0 bridgehead atoms. The van der Waals surface area contributed by atoms with E-state index in [9.17, 15) is 4.79 Å². The molecule has 1 aromatic carbocycles. The third kappa shape index (κ3) is 2.41. The fraction of sp³-hybridized carbons (Fsp3) is 0.176. The fourth-order valence-corrected chi connectivity index (χ4v) is 3.54. The summed E-state index contributed by atoms with van der Waals surface area (Å²) in [5.74, 6) is 1.53. The molecule has 0 saturated heterocycles. The number of carbonyl (C=O) groups is 1. The molecule has 0 spiro atoms. The molecule has 0 radical (unpaired) electrons. The Morgan fingerprint density at radius 3 is 2.83 bits per heavy atom. The van der Waals surface area contributed by atoms with Crippen LogP contribution in [-0.4, -0.2) is 10.9 Å². The van der Waals surface area contributed by atoms with E-state index in [1.165, 1.54) is 11.3 Å². The Hall–Kier alpha value is -2.60. The van der Waals surface area contributed by atoms with Crippen LogP contribution in [-0.2, 0) is 0 Å². The number of rotatable bonds is 2. The molecular weight excluding hydrogens is 310 g/mol. The molecule has 5 nitrogen and oxygen atoms in total. The maximum atomic E-state index is 12.3. The van der Waals surface area contributed by atoms with Crippen molar-refractivity contribution in [2.24, 2.45) is 0 Å². The van der Waals surface area contributed by atoms with Crippen molar-refractivity contribution in [2.45, 2.75) is 20.0 Å². The average Bonchev–Trinajstić information content (AvgIpc) is 3.17. The van der Waals surface area contributed by atoms with Crippen molar-refractivity contribution in [1.29, 1.82) is 0 Å². The molecule has 1 aliphatic rings. The number of thiazole rings is 1. The minimum absolute atomic E-state index is 0.0729. The summed E-state index contributed by atoms with van der Waals surface area (Å²) in [6.45, 7) is 3.89.